The van der Waals surface area contributed by atoms with Crippen LogP contribution in [-0.4, -0.2) is 81.1 Å². The standard InChI is InChI=1S/C31H27ClN2O9/c32-11-14-12-34(30(40)20-9-18-16-5-8-25(36)41-22(16)7-6-19(18)33-20)21-10-23(15-3-1-2-4-17(15)26(14)21)42-31-29(39)28(38)27(37)24(13-35)43-31/h1-10,14,24,27-29,31,33,35,37-39H,11-13H2/t14-,24-,27+,28+,29-,31-/m1/s1. The molecule has 0 saturated carbocycles. The van der Waals surface area contributed by atoms with Gasteiger partial charge in [-0.25, -0.2) is 4.79 Å². The number of aromatic nitrogens is 1. The van der Waals surface area contributed by atoms with Gasteiger partial charge in [0.2, 0.25) is 6.29 Å². The Kier molecular flexibility index (Phi) is 6.88. The Bertz CT molecular complexity index is 1940. The Labute approximate surface area is 248 Å². The number of nitrogens with one attached hydrogen (secondary N) is 1. The van der Waals surface area contributed by atoms with Crippen LogP contribution in [0.1, 0.15) is 22.0 Å². The number of alkyl halides is 1. The second-order valence-electron chi connectivity index (χ2n) is 10.8. The summed E-state index contributed by atoms with van der Waals surface area (Å²) in [5.41, 5.74) is 2.39. The molecule has 7 rings (SSSR count). The van der Waals surface area contributed by atoms with Crippen LogP contribution in [0.15, 0.2) is 69.9 Å². The molecule has 0 radical (unpaired) electrons. The van der Waals surface area contributed by atoms with E-state index in [1.54, 1.807) is 35.2 Å². The number of aliphatic hydroxyl groups is 4. The van der Waals surface area contributed by atoms with Gasteiger partial charge in [0.05, 0.1) is 12.3 Å². The van der Waals surface area contributed by atoms with Crippen molar-refractivity contribution in [2.75, 3.05) is 23.9 Å². The highest BCUT2D eigenvalue weighted by Gasteiger charge is 2.45. The zero-order chi connectivity index (χ0) is 30.0. The zero-order valence-corrected chi connectivity index (χ0v) is 23.3. The van der Waals surface area contributed by atoms with E-state index in [1.165, 1.54) is 6.07 Å². The Balaban J connectivity index is 1.31. The lowest BCUT2D eigenvalue weighted by Gasteiger charge is -2.39. The van der Waals surface area contributed by atoms with Crippen LogP contribution in [-0.2, 0) is 4.74 Å². The van der Waals surface area contributed by atoms with Gasteiger partial charge in [-0.05, 0) is 35.2 Å². The normalized spacial score (nSPS) is 25.5. The molecule has 222 valence electrons. The van der Waals surface area contributed by atoms with Crippen LogP contribution in [0.5, 0.6) is 5.75 Å². The number of carbonyl (C=O) groups is 1. The molecular formula is C31H27ClN2O9. The van der Waals surface area contributed by atoms with Gasteiger partial charge in [0.15, 0.2) is 0 Å². The first-order valence-electron chi connectivity index (χ1n) is 13.7. The molecule has 2 aliphatic rings. The molecule has 5 N–H and O–H groups in total. The fourth-order valence-electron chi connectivity index (χ4n) is 6.14. The van der Waals surface area contributed by atoms with E-state index in [0.717, 1.165) is 16.3 Å². The number of nitrogens with zero attached hydrogens (tertiary/aromatic N) is 1. The molecule has 12 heteroatoms. The number of hydrogen-bond donors (Lipinski definition) is 5. The molecule has 0 bridgehead atoms. The van der Waals surface area contributed by atoms with E-state index >= 15 is 0 Å². The summed E-state index contributed by atoms with van der Waals surface area (Å²) in [6, 6.07) is 17.2. The van der Waals surface area contributed by atoms with Crippen molar-refractivity contribution in [1.82, 2.24) is 4.98 Å². The third-order valence-corrected chi connectivity index (χ3v) is 8.66. The Morgan fingerprint density at radius 1 is 0.977 bits per heavy atom. The van der Waals surface area contributed by atoms with Crippen molar-refractivity contribution in [2.24, 2.45) is 0 Å². The topological polar surface area (TPSA) is 166 Å². The van der Waals surface area contributed by atoms with Crippen LogP contribution < -0.4 is 15.3 Å². The molecule has 3 aromatic carbocycles. The van der Waals surface area contributed by atoms with Crippen molar-refractivity contribution in [3.8, 4) is 5.75 Å². The number of aliphatic hydroxyl groups excluding tert-OH is 4. The molecule has 2 aromatic heterocycles. The number of ether oxygens (including phenoxy) is 2. The van der Waals surface area contributed by atoms with E-state index in [9.17, 15) is 30.0 Å². The molecule has 1 saturated heterocycles. The fraction of sp³-hybridized carbons (Fsp3) is 0.290. The molecule has 0 aliphatic carbocycles. The summed E-state index contributed by atoms with van der Waals surface area (Å²) in [5, 5.41) is 43.6. The number of halogens is 1. The van der Waals surface area contributed by atoms with Gasteiger partial charge in [-0.15, -0.1) is 11.6 Å². The molecule has 4 heterocycles. The van der Waals surface area contributed by atoms with Crippen LogP contribution in [0.25, 0.3) is 32.6 Å². The number of rotatable bonds is 5. The largest absolute Gasteiger partial charge is 0.461 e. The quantitative estimate of drug-likeness (QED) is 0.149. The number of anilines is 1. The second kappa shape index (κ2) is 10.6. The molecule has 5 aromatic rings. The van der Waals surface area contributed by atoms with Crippen molar-refractivity contribution in [2.45, 2.75) is 36.6 Å². The summed E-state index contributed by atoms with van der Waals surface area (Å²) < 4.78 is 17.0. The van der Waals surface area contributed by atoms with Gasteiger partial charge in [-0.3, -0.25) is 4.79 Å². The molecule has 11 nitrogen and oxygen atoms in total. The number of fused-ring (bicyclic) bond motifs is 6. The van der Waals surface area contributed by atoms with Gasteiger partial charge in [-0.2, -0.15) is 0 Å². The number of carbonyl (C=O) groups excluding carboxylic acids is 1. The number of H-pyrrole nitrogens is 1. The first kappa shape index (κ1) is 27.8. The van der Waals surface area contributed by atoms with Gasteiger partial charge in [-0.1, -0.05) is 24.3 Å². The monoisotopic (exact) mass is 606 g/mol. The number of amides is 1. The Morgan fingerprint density at radius 3 is 2.53 bits per heavy atom. The minimum atomic E-state index is -1.61. The second-order valence-corrected chi connectivity index (χ2v) is 11.1. The van der Waals surface area contributed by atoms with E-state index in [4.69, 9.17) is 25.5 Å². The van der Waals surface area contributed by atoms with Crippen LogP contribution in [0.3, 0.4) is 0 Å². The summed E-state index contributed by atoms with van der Waals surface area (Å²) in [6.45, 7) is -0.294. The average Bonchev–Trinajstić information content (AvgIpc) is 3.63. The predicted octanol–water partition coefficient (Wildman–Crippen LogP) is 2.59. The van der Waals surface area contributed by atoms with Crippen molar-refractivity contribution < 1.29 is 39.1 Å². The summed E-state index contributed by atoms with van der Waals surface area (Å²) in [5.74, 6) is 0.0182. The smallest absolute Gasteiger partial charge is 0.336 e. The van der Waals surface area contributed by atoms with Crippen molar-refractivity contribution in [3.63, 3.8) is 0 Å². The Morgan fingerprint density at radius 2 is 1.77 bits per heavy atom. The maximum atomic E-state index is 14.1. The predicted molar refractivity (Wildman–Crippen MR) is 158 cm³/mol. The number of benzene rings is 3. The Hall–Kier alpha value is -3.97. The van der Waals surface area contributed by atoms with Gasteiger partial charge in [0.25, 0.3) is 5.91 Å². The van der Waals surface area contributed by atoms with E-state index in [-0.39, 0.29) is 23.5 Å². The van der Waals surface area contributed by atoms with Crippen LogP contribution in [0.2, 0.25) is 0 Å². The molecule has 43 heavy (non-hydrogen) atoms. The summed E-state index contributed by atoms with van der Waals surface area (Å²) in [4.78, 5) is 30.6. The van der Waals surface area contributed by atoms with E-state index in [2.05, 4.69) is 4.98 Å². The van der Waals surface area contributed by atoms with E-state index in [0.29, 0.717) is 39.8 Å². The van der Waals surface area contributed by atoms with Crippen molar-refractivity contribution in [1.29, 1.82) is 0 Å². The summed E-state index contributed by atoms with van der Waals surface area (Å²) in [6.07, 6.45) is -7.30. The minimum Gasteiger partial charge on any atom is -0.461 e. The SMILES string of the molecule is O=C(c1cc2c(ccc3oc(=O)ccc32)[nH]1)N1C[C@@H](CCl)c2c1cc(O[C@@H]1O[C@H](CO)[C@H](O)[C@H](O)[C@H]1O)c1ccccc21. The summed E-state index contributed by atoms with van der Waals surface area (Å²) >= 11 is 6.43. The average molecular weight is 607 g/mol. The number of hydrogen-bond acceptors (Lipinski definition) is 9. The van der Waals surface area contributed by atoms with Crippen molar-refractivity contribution >= 4 is 55.8 Å². The van der Waals surface area contributed by atoms with Crippen LogP contribution in [0.4, 0.5) is 5.69 Å². The highest BCUT2D eigenvalue weighted by Crippen LogP contribution is 2.46. The minimum absolute atomic E-state index is 0.189. The molecule has 2 aliphatic heterocycles. The van der Waals surface area contributed by atoms with E-state index in [1.807, 2.05) is 24.3 Å². The van der Waals surface area contributed by atoms with Gasteiger partial charge >= 0.3 is 5.63 Å². The lowest BCUT2D eigenvalue weighted by Crippen LogP contribution is -2.60. The van der Waals surface area contributed by atoms with E-state index < -0.39 is 42.9 Å². The molecule has 1 amide bonds. The fourth-order valence-corrected chi connectivity index (χ4v) is 6.39. The molecule has 6 atom stereocenters. The van der Waals surface area contributed by atoms with Gasteiger partial charge < -0.3 is 44.2 Å². The zero-order valence-electron chi connectivity index (χ0n) is 22.5. The highest BCUT2D eigenvalue weighted by atomic mass is 35.5. The molecule has 0 spiro atoms. The summed E-state index contributed by atoms with van der Waals surface area (Å²) in [7, 11) is 0. The highest BCUT2D eigenvalue weighted by molar-refractivity contribution is 6.19. The maximum absolute atomic E-state index is 14.1. The maximum Gasteiger partial charge on any atom is 0.336 e. The van der Waals surface area contributed by atoms with Crippen LogP contribution in [0, 0.1) is 0 Å². The molecule has 1 fully saturated rings. The lowest BCUT2D eigenvalue weighted by molar-refractivity contribution is -0.277. The molecular weight excluding hydrogens is 580 g/mol. The number of aromatic amines is 1. The third-order valence-electron chi connectivity index (χ3n) is 8.28. The van der Waals surface area contributed by atoms with Gasteiger partial charge in [0, 0.05) is 52.2 Å². The molecule has 0 unspecified atom stereocenters. The van der Waals surface area contributed by atoms with Crippen molar-refractivity contribution in [3.05, 3.63) is 82.3 Å². The lowest BCUT2D eigenvalue weighted by atomic mass is 9.95. The van der Waals surface area contributed by atoms with Crippen LogP contribution >= 0.6 is 11.6 Å². The first-order chi connectivity index (χ1) is 20.8. The van der Waals surface area contributed by atoms with Gasteiger partial charge in [0.1, 0.15) is 41.4 Å². The third kappa shape index (κ3) is 4.48. The first-order valence-corrected chi connectivity index (χ1v) is 14.3.